The molecule has 2 N–H and O–H groups in total. The largest absolute Gasteiger partial charge is 0.508 e. The molecule has 8 heteroatoms. The van der Waals surface area contributed by atoms with Crippen LogP contribution in [-0.2, 0) is 4.79 Å². The quantitative estimate of drug-likeness (QED) is 0.669. The van der Waals surface area contributed by atoms with Gasteiger partial charge < -0.3 is 10.4 Å². The molecular weight excluding hydrogens is 326 g/mol. The average Bonchev–Trinajstić information content (AvgIpc) is 3.05. The Morgan fingerprint density at radius 3 is 2.62 bits per heavy atom. The normalized spacial score (nSPS) is 10.5. The highest BCUT2D eigenvalue weighted by Crippen LogP contribution is 2.20. The lowest BCUT2D eigenvalue weighted by Gasteiger charge is -2.05. The predicted octanol–water partition coefficient (Wildman–Crippen LogP) is 2.49. The zero-order chi connectivity index (χ0) is 16.8. The average molecular weight is 341 g/mol. The van der Waals surface area contributed by atoms with Crippen molar-refractivity contribution in [3.05, 3.63) is 54.6 Å². The van der Waals surface area contributed by atoms with E-state index in [0.717, 1.165) is 11.4 Å². The Balaban J connectivity index is 1.55. The lowest BCUT2D eigenvalue weighted by Crippen LogP contribution is -2.12. The number of phenolic OH excluding ortho intramolecular Hbond substituents is 1. The Kier molecular flexibility index (Phi) is 5.07. The summed E-state index contributed by atoms with van der Waals surface area (Å²) in [5.41, 5.74) is 1.52. The highest BCUT2D eigenvalue weighted by molar-refractivity contribution is 7.99. The van der Waals surface area contributed by atoms with Crippen LogP contribution < -0.4 is 5.32 Å². The molecule has 24 heavy (non-hydrogen) atoms. The zero-order valence-corrected chi connectivity index (χ0v) is 13.5. The van der Waals surface area contributed by atoms with Crippen LogP contribution in [0.25, 0.3) is 5.69 Å². The van der Waals surface area contributed by atoms with Crippen LogP contribution in [0.3, 0.4) is 0 Å². The van der Waals surface area contributed by atoms with Gasteiger partial charge in [0.05, 0.1) is 5.69 Å². The van der Waals surface area contributed by atoms with Gasteiger partial charge in [0.1, 0.15) is 5.75 Å². The van der Waals surface area contributed by atoms with E-state index in [4.69, 9.17) is 0 Å². The third-order valence-electron chi connectivity index (χ3n) is 3.15. The number of nitrogens with zero attached hydrogens (tertiary/aromatic N) is 4. The Bertz CT molecular complexity index is 805. The third kappa shape index (κ3) is 4.11. The molecule has 1 heterocycles. The summed E-state index contributed by atoms with van der Waals surface area (Å²) in [7, 11) is 0. The fourth-order valence-corrected chi connectivity index (χ4v) is 2.83. The lowest BCUT2D eigenvalue weighted by atomic mass is 10.3. The molecule has 7 nitrogen and oxygen atoms in total. The molecule has 0 aliphatic carbocycles. The highest BCUT2D eigenvalue weighted by atomic mass is 32.2. The molecule has 0 saturated heterocycles. The van der Waals surface area contributed by atoms with Crippen LogP contribution in [0.15, 0.2) is 59.8 Å². The van der Waals surface area contributed by atoms with Crippen LogP contribution in [0.1, 0.15) is 6.42 Å². The van der Waals surface area contributed by atoms with Gasteiger partial charge in [-0.3, -0.25) is 4.79 Å². The number of tetrazole rings is 1. The number of amides is 1. The van der Waals surface area contributed by atoms with E-state index in [9.17, 15) is 9.90 Å². The topological polar surface area (TPSA) is 92.9 Å². The van der Waals surface area contributed by atoms with E-state index in [1.165, 1.54) is 11.8 Å². The number of carbonyl (C=O) groups excluding carboxylic acids is 1. The first-order valence-electron chi connectivity index (χ1n) is 7.28. The molecular formula is C16H15N5O2S. The first-order chi connectivity index (χ1) is 11.7. The number of anilines is 1. The molecule has 0 aliphatic heterocycles. The number of nitrogens with one attached hydrogen (secondary N) is 1. The number of rotatable bonds is 6. The van der Waals surface area contributed by atoms with Crippen molar-refractivity contribution in [3.8, 4) is 11.4 Å². The van der Waals surface area contributed by atoms with Crippen LogP contribution in [0.2, 0.25) is 0 Å². The zero-order valence-electron chi connectivity index (χ0n) is 12.7. The van der Waals surface area contributed by atoms with E-state index in [1.54, 1.807) is 28.9 Å². The van der Waals surface area contributed by atoms with Gasteiger partial charge in [0.25, 0.3) is 0 Å². The minimum Gasteiger partial charge on any atom is -0.508 e. The summed E-state index contributed by atoms with van der Waals surface area (Å²) >= 11 is 1.40. The summed E-state index contributed by atoms with van der Waals surface area (Å²) in [6.45, 7) is 0. The SMILES string of the molecule is O=C(CCSc1nnnn1-c1ccc(O)cc1)Nc1ccccc1. The second-order valence-corrected chi connectivity index (χ2v) is 5.96. The number of para-hydroxylation sites is 1. The number of hydrogen-bond donors (Lipinski definition) is 2. The van der Waals surface area contributed by atoms with Crippen molar-refractivity contribution in [1.29, 1.82) is 0 Å². The fraction of sp³-hybridized carbons (Fsp3) is 0.125. The van der Waals surface area contributed by atoms with Crippen molar-refractivity contribution in [3.63, 3.8) is 0 Å². The molecule has 0 aliphatic rings. The minimum atomic E-state index is -0.0580. The fourth-order valence-electron chi connectivity index (χ4n) is 2.00. The number of hydrogen-bond acceptors (Lipinski definition) is 6. The summed E-state index contributed by atoms with van der Waals surface area (Å²) in [5, 5.41) is 24.3. The molecule has 0 atom stereocenters. The summed E-state index contributed by atoms with van der Waals surface area (Å²) in [6, 6.07) is 15.9. The van der Waals surface area contributed by atoms with Crippen LogP contribution >= 0.6 is 11.8 Å². The van der Waals surface area contributed by atoms with E-state index in [-0.39, 0.29) is 11.7 Å². The van der Waals surface area contributed by atoms with Crippen molar-refractivity contribution >= 4 is 23.4 Å². The molecule has 0 unspecified atom stereocenters. The maximum atomic E-state index is 11.9. The van der Waals surface area contributed by atoms with Crippen molar-refractivity contribution in [2.45, 2.75) is 11.6 Å². The van der Waals surface area contributed by atoms with Crippen molar-refractivity contribution < 1.29 is 9.90 Å². The molecule has 122 valence electrons. The molecule has 0 radical (unpaired) electrons. The van der Waals surface area contributed by atoms with E-state index in [0.29, 0.717) is 17.3 Å². The predicted molar refractivity (Wildman–Crippen MR) is 91.2 cm³/mol. The van der Waals surface area contributed by atoms with Crippen molar-refractivity contribution in [2.75, 3.05) is 11.1 Å². The summed E-state index contributed by atoms with van der Waals surface area (Å²) in [5.74, 6) is 0.674. The van der Waals surface area contributed by atoms with Gasteiger partial charge in [-0.2, -0.15) is 4.68 Å². The Labute approximate surface area is 142 Å². The summed E-state index contributed by atoms with van der Waals surface area (Å²) < 4.78 is 1.57. The summed E-state index contributed by atoms with van der Waals surface area (Å²) in [6.07, 6.45) is 0.349. The van der Waals surface area contributed by atoms with Gasteiger partial charge in [0.15, 0.2) is 0 Å². The number of aromatic nitrogens is 4. The van der Waals surface area contributed by atoms with Crippen LogP contribution in [-0.4, -0.2) is 37.0 Å². The summed E-state index contributed by atoms with van der Waals surface area (Å²) in [4.78, 5) is 11.9. The van der Waals surface area contributed by atoms with E-state index >= 15 is 0 Å². The number of thioether (sulfide) groups is 1. The molecule has 1 aromatic heterocycles. The lowest BCUT2D eigenvalue weighted by molar-refractivity contribution is -0.115. The second kappa shape index (κ2) is 7.60. The Morgan fingerprint density at radius 1 is 1.12 bits per heavy atom. The van der Waals surface area contributed by atoms with Gasteiger partial charge in [-0.15, -0.1) is 5.10 Å². The first-order valence-corrected chi connectivity index (χ1v) is 8.26. The number of carbonyl (C=O) groups is 1. The maximum absolute atomic E-state index is 11.9. The molecule has 0 bridgehead atoms. The first kappa shape index (κ1) is 16.0. The van der Waals surface area contributed by atoms with Gasteiger partial charge in [0.2, 0.25) is 11.1 Å². The standard InChI is InChI=1S/C16H15N5O2S/c22-14-8-6-13(7-9-14)21-16(18-19-20-21)24-11-10-15(23)17-12-4-2-1-3-5-12/h1-9,22H,10-11H2,(H,17,23). The molecule has 0 spiro atoms. The number of aromatic hydroxyl groups is 1. The van der Waals surface area contributed by atoms with Crippen LogP contribution in [0.4, 0.5) is 5.69 Å². The molecule has 0 fully saturated rings. The van der Waals surface area contributed by atoms with E-state index < -0.39 is 0 Å². The Hall–Kier alpha value is -2.87. The van der Waals surface area contributed by atoms with E-state index in [1.807, 2.05) is 30.3 Å². The number of phenols is 1. The minimum absolute atomic E-state index is 0.0580. The van der Waals surface area contributed by atoms with Gasteiger partial charge >= 0.3 is 0 Å². The molecule has 3 rings (SSSR count). The monoisotopic (exact) mass is 341 g/mol. The molecule has 1 amide bonds. The second-order valence-electron chi connectivity index (χ2n) is 4.90. The van der Waals surface area contributed by atoms with Gasteiger partial charge in [0, 0.05) is 17.9 Å². The van der Waals surface area contributed by atoms with Gasteiger partial charge in [-0.1, -0.05) is 30.0 Å². The smallest absolute Gasteiger partial charge is 0.225 e. The third-order valence-corrected chi connectivity index (χ3v) is 4.07. The van der Waals surface area contributed by atoms with Gasteiger partial charge in [-0.25, -0.2) is 0 Å². The Morgan fingerprint density at radius 2 is 1.88 bits per heavy atom. The van der Waals surface area contributed by atoms with Crippen LogP contribution in [0.5, 0.6) is 5.75 Å². The molecule has 3 aromatic rings. The van der Waals surface area contributed by atoms with Crippen molar-refractivity contribution in [1.82, 2.24) is 20.2 Å². The maximum Gasteiger partial charge on any atom is 0.225 e. The van der Waals surface area contributed by atoms with Gasteiger partial charge in [-0.05, 0) is 46.8 Å². The van der Waals surface area contributed by atoms with Crippen molar-refractivity contribution in [2.24, 2.45) is 0 Å². The van der Waals surface area contributed by atoms with E-state index in [2.05, 4.69) is 20.8 Å². The highest BCUT2D eigenvalue weighted by Gasteiger charge is 2.10. The van der Waals surface area contributed by atoms with Crippen LogP contribution in [0, 0.1) is 0 Å². The molecule has 0 saturated carbocycles. The number of benzene rings is 2. The molecule has 2 aromatic carbocycles.